The first-order chi connectivity index (χ1) is 16.6. The molecular weight excluding hydrogens is 432 g/mol. The molecule has 176 valence electrons. The van der Waals surface area contributed by atoms with Crippen LogP contribution in [0, 0.1) is 0 Å². The molecule has 0 atom stereocenters. The van der Waals surface area contributed by atoms with Gasteiger partial charge in [0.15, 0.2) is 0 Å². The molecule has 0 bridgehead atoms. The second-order valence-corrected chi connectivity index (χ2v) is 7.81. The van der Waals surface area contributed by atoms with Crippen LogP contribution in [-0.2, 0) is 11.3 Å². The summed E-state index contributed by atoms with van der Waals surface area (Å²) in [4.78, 5) is 27.7. The van der Waals surface area contributed by atoms with Crippen molar-refractivity contribution in [3.8, 4) is 5.75 Å². The summed E-state index contributed by atoms with van der Waals surface area (Å²) in [6.07, 6.45) is 0. The first-order valence-electron chi connectivity index (χ1n) is 11.1. The molecule has 8 nitrogen and oxygen atoms in total. The van der Waals surface area contributed by atoms with Crippen molar-refractivity contribution in [2.24, 2.45) is 0 Å². The monoisotopic (exact) mass is 460 g/mol. The van der Waals surface area contributed by atoms with Gasteiger partial charge in [-0.2, -0.15) is 0 Å². The van der Waals surface area contributed by atoms with Crippen molar-refractivity contribution < 1.29 is 19.1 Å². The molecule has 0 spiro atoms. The summed E-state index contributed by atoms with van der Waals surface area (Å²) in [5, 5.41) is 8.66. The first-order valence-corrected chi connectivity index (χ1v) is 11.1. The molecule has 0 radical (unpaired) electrons. The van der Waals surface area contributed by atoms with E-state index in [0.29, 0.717) is 49.8 Å². The van der Waals surface area contributed by atoms with E-state index in [4.69, 9.17) is 9.47 Å². The summed E-state index contributed by atoms with van der Waals surface area (Å²) >= 11 is 0. The van der Waals surface area contributed by atoms with Crippen LogP contribution in [0.15, 0.2) is 72.8 Å². The fourth-order valence-electron chi connectivity index (χ4n) is 3.69. The number of rotatable bonds is 7. The SMILES string of the molecule is COc1ccc(CNC(=O)c2ccc(N3CCOCC3)c(NC(=O)Nc3ccccc3)c2)cc1. The third-order valence-electron chi connectivity index (χ3n) is 5.50. The number of urea groups is 1. The van der Waals surface area contributed by atoms with Gasteiger partial charge in [0.1, 0.15) is 5.75 Å². The Hall–Kier alpha value is -4.04. The van der Waals surface area contributed by atoms with E-state index in [9.17, 15) is 9.59 Å². The Labute approximate surface area is 198 Å². The highest BCUT2D eigenvalue weighted by Crippen LogP contribution is 2.28. The van der Waals surface area contributed by atoms with Crippen LogP contribution in [-0.4, -0.2) is 45.4 Å². The van der Waals surface area contributed by atoms with Gasteiger partial charge in [-0.3, -0.25) is 4.79 Å². The van der Waals surface area contributed by atoms with Gasteiger partial charge in [0, 0.05) is 30.9 Å². The molecule has 0 aromatic heterocycles. The summed E-state index contributed by atoms with van der Waals surface area (Å²) in [6.45, 7) is 3.01. The summed E-state index contributed by atoms with van der Waals surface area (Å²) in [6, 6.07) is 21.7. The number of hydrogen-bond donors (Lipinski definition) is 3. The van der Waals surface area contributed by atoms with Crippen molar-refractivity contribution >= 4 is 29.0 Å². The zero-order valence-electron chi connectivity index (χ0n) is 19.0. The van der Waals surface area contributed by atoms with Gasteiger partial charge in [-0.25, -0.2) is 4.79 Å². The van der Waals surface area contributed by atoms with Crippen LogP contribution in [0.5, 0.6) is 5.75 Å². The minimum absolute atomic E-state index is 0.226. The topological polar surface area (TPSA) is 91.9 Å². The first kappa shape index (κ1) is 23.1. The number of nitrogens with one attached hydrogen (secondary N) is 3. The fraction of sp³-hybridized carbons (Fsp3) is 0.231. The molecule has 3 N–H and O–H groups in total. The Kier molecular flexibility index (Phi) is 7.62. The molecule has 1 aliphatic rings. The number of anilines is 3. The molecule has 1 heterocycles. The third kappa shape index (κ3) is 6.05. The van der Waals surface area contributed by atoms with Gasteiger partial charge in [-0.15, -0.1) is 0 Å². The normalized spacial score (nSPS) is 13.1. The zero-order chi connectivity index (χ0) is 23.8. The molecule has 1 saturated heterocycles. The fourth-order valence-corrected chi connectivity index (χ4v) is 3.69. The van der Waals surface area contributed by atoms with E-state index in [-0.39, 0.29) is 11.9 Å². The molecule has 3 amide bonds. The Morgan fingerprint density at radius 2 is 1.68 bits per heavy atom. The molecule has 34 heavy (non-hydrogen) atoms. The third-order valence-corrected chi connectivity index (χ3v) is 5.50. The van der Waals surface area contributed by atoms with E-state index < -0.39 is 0 Å². The van der Waals surface area contributed by atoms with E-state index in [2.05, 4.69) is 20.9 Å². The molecule has 0 saturated carbocycles. The van der Waals surface area contributed by atoms with Crippen LogP contribution in [0.3, 0.4) is 0 Å². The highest BCUT2D eigenvalue weighted by molar-refractivity contribution is 6.04. The van der Waals surface area contributed by atoms with Gasteiger partial charge < -0.3 is 30.3 Å². The molecule has 8 heteroatoms. The average Bonchev–Trinajstić information content (AvgIpc) is 2.88. The minimum Gasteiger partial charge on any atom is -0.497 e. The van der Waals surface area contributed by atoms with Crippen molar-refractivity contribution in [3.63, 3.8) is 0 Å². The lowest BCUT2D eigenvalue weighted by atomic mass is 10.1. The number of morpholine rings is 1. The van der Waals surface area contributed by atoms with E-state index in [0.717, 1.165) is 17.0 Å². The van der Waals surface area contributed by atoms with Crippen molar-refractivity contribution in [3.05, 3.63) is 83.9 Å². The number of amides is 3. The van der Waals surface area contributed by atoms with Gasteiger partial charge in [0.05, 0.1) is 31.7 Å². The van der Waals surface area contributed by atoms with Gasteiger partial charge in [-0.1, -0.05) is 30.3 Å². The van der Waals surface area contributed by atoms with E-state index in [1.165, 1.54) is 0 Å². The molecule has 3 aromatic rings. The van der Waals surface area contributed by atoms with Crippen molar-refractivity contribution in [1.82, 2.24) is 5.32 Å². The molecule has 0 unspecified atom stereocenters. The van der Waals surface area contributed by atoms with E-state index in [1.807, 2.05) is 60.7 Å². The minimum atomic E-state index is -0.378. The van der Waals surface area contributed by atoms with Gasteiger partial charge in [0.25, 0.3) is 5.91 Å². The Morgan fingerprint density at radius 1 is 0.941 bits per heavy atom. The standard InChI is InChI=1S/C26H28N4O4/c1-33-22-10-7-19(8-11-22)18-27-25(31)20-9-12-24(30-13-15-34-16-14-30)23(17-20)29-26(32)28-21-5-3-2-4-6-21/h2-12,17H,13-16,18H2,1H3,(H,27,31)(H2,28,29,32). The average molecular weight is 461 g/mol. The quantitative estimate of drug-likeness (QED) is 0.494. The predicted molar refractivity (Wildman–Crippen MR) is 133 cm³/mol. The number of methoxy groups -OCH3 is 1. The van der Waals surface area contributed by atoms with Crippen LogP contribution in [0.25, 0.3) is 0 Å². The van der Waals surface area contributed by atoms with Gasteiger partial charge in [0.2, 0.25) is 0 Å². The summed E-state index contributed by atoms with van der Waals surface area (Å²) < 4.78 is 10.6. The highest BCUT2D eigenvalue weighted by atomic mass is 16.5. The molecule has 0 aliphatic carbocycles. The number of benzene rings is 3. The molecule has 3 aromatic carbocycles. The van der Waals surface area contributed by atoms with Gasteiger partial charge in [-0.05, 0) is 48.0 Å². The van der Waals surface area contributed by atoms with Gasteiger partial charge >= 0.3 is 6.03 Å². The summed E-state index contributed by atoms with van der Waals surface area (Å²) in [7, 11) is 1.61. The van der Waals surface area contributed by atoms with Crippen molar-refractivity contribution in [2.75, 3.05) is 48.9 Å². The van der Waals surface area contributed by atoms with Crippen LogP contribution < -0.4 is 25.6 Å². The Bertz CT molecular complexity index is 1110. The lowest BCUT2D eigenvalue weighted by Gasteiger charge is -2.30. The van der Waals surface area contributed by atoms with Crippen molar-refractivity contribution in [1.29, 1.82) is 0 Å². The Balaban J connectivity index is 1.49. The number of carbonyl (C=O) groups excluding carboxylic acids is 2. The Morgan fingerprint density at radius 3 is 2.38 bits per heavy atom. The van der Waals surface area contributed by atoms with E-state index >= 15 is 0 Å². The number of hydrogen-bond acceptors (Lipinski definition) is 5. The maximum absolute atomic E-state index is 12.9. The van der Waals surface area contributed by atoms with Crippen LogP contribution in [0.2, 0.25) is 0 Å². The van der Waals surface area contributed by atoms with Crippen LogP contribution in [0.4, 0.5) is 21.9 Å². The zero-order valence-corrected chi connectivity index (χ0v) is 19.0. The van der Waals surface area contributed by atoms with Crippen molar-refractivity contribution in [2.45, 2.75) is 6.54 Å². The highest BCUT2D eigenvalue weighted by Gasteiger charge is 2.18. The smallest absolute Gasteiger partial charge is 0.323 e. The number of carbonyl (C=O) groups is 2. The molecule has 1 fully saturated rings. The molecule has 1 aliphatic heterocycles. The predicted octanol–water partition coefficient (Wildman–Crippen LogP) is 4.11. The maximum atomic E-state index is 12.9. The number of para-hydroxylation sites is 1. The van der Waals surface area contributed by atoms with Crippen LogP contribution >= 0.6 is 0 Å². The molecular formula is C26H28N4O4. The second kappa shape index (κ2) is 11.2. The summed E-state index contributed by atoms with van der Waals surface area (Å²) in [5.41, 5.74) is 3.51. The largest absolute Gasteiger partial charge is 0.497 e. The maximum Gasteiger partial charge on any atom is 0.323 e. The number of ether oxygens (including phenoxy) is 2. The lowest BCUT2D eigenvalue weighted by molar-refractivity contribution is 0.0951. The summed E-state index contributed by atoms with van der Waals surface area (Å²) in [5.74, 6) is 0.536. The molecule has 4 rings (SSSR count). The van der Waals surface area contributed by atoms with E-state index in [1.54, 1.807) is 19.2 Å². The second-order valence-electron chi connectivity index (χ2n) is 7.81. The lowest BCUT2D eigenvalue weighted by Crippen LogP contribution is -2.37. The number of nitrogens with zero attached hydrogens (tertiary/aromatic N) is 1. The van der Waals surface area contributed by atoms with Crippen LogP contribution in [0.1, 0.15) is 15.9 Å².